The standard InChI is InChI=1S/C15H22O5S.C2H6/c1-11(2)14(20-15(17)21-9-8-18-3)19-13(16)10-12-6-4-5-7-12;1-2/h4-6,11,14H,7-10H2,1-3H3;1-2H3. The molecule has 0 fully saturated rings. The van der Waals surface area contributed by atoms with Crippen LogP contribution in [0.5, 0.6) is 0 Å². The van der Waals surface area contributed by atoms with Gasteiger partial charge in [0, 0.05) is 18.8 Å². The van der Waals surface area contributed by atoms with Crippen molar-refractivity contribution in [2.45, 2.75) is 46.8 Å². The molecule has 0 amide bonds. The average Bonchev–Trinajstić information content (AvgIpc) is 3.01. The maximum absolute atomic E-state index is 11.8. The van der Waals surface area contributed by atoms with Gasteiger partial charge in [0.25, 0.3) is 6.29 Å². The Morgan fingerprint density at radius 1 is 1.26 bits per heavy atom. The molecule has 0 aromatic rings. The number of methoxy groups -OCH3 is 1. The Labute approximate surface area is 143 Å². The minimum Gasteiger partial charge on any atom is -0.425 e. The Hall–Kier alpha value is -1.27. The number of hydrogen-bond donors (Lipinski definition) is 0. The first-order chi connectivity index (χ1) is 11.0. The molecule has 0 radical (unpaired) electrons. The van der Waals surface area contributed by atoms with Gasteiger partial charge in [-0.2, -0.15) is 0 Å². The summed E-state index contributed by atoms with van der Waals surface area (Å²) in [6, 6.07) is 0. The molecule has 0 saturated heterocycles. The van der Waals surface area contributed by atoms with Gasteiger partial charge in [0.15, 0.2) is 0 Å². The summed E-state index contributed by atoms with van der Waals surface area (Å²) in [6.07, 6.45) is 5.94. The lowest BCUT2D eigenvalue weighted by molar-refractivity contribution is -0.172. The van der Waals surface area contributed by atoms with Crippen LogP contribution in [0, 0.1) is 5.92 Å². The molecule has 0 saturated carbocycles. The summed E-state index contributed by atoms with van der Waals surface area (Å²) in [5, 5.41) is -0.458. The van der Waals surface area contributed by atoms with Crippen molar-refractivity contribution in [2.75, 3.05) is 19.5 Å². The van der Waals surface area contributed by atoms with E-state index in [1.165, 1.54) is 0 Å². The molecule has 0 aromatic heterocycles. The summed E-state index contributed by atoms with van der Waals surface area (Å²) in [7, 11) is 1.57. The third-order valence-corrected chi connectivity index (χ3v) is 3.43. The Balaban J connectivity index is 0.00000232. The molecule has 1 rings (SSSR count). The molecular formula is C17H28O5S. The van der Waals surface area contributed by atoms with E-state index in [2.05, 4.69) is 0 Å². The first-order valence-electron chi connectivity index (χ1n) is 7.89. The first kappa shape index (κ1) is 21.7. The van der Waals surface area contributed by atoms with Crippen molar-refractivity contribution in [3.63, 3.8) is 0 Å². The molecule has 1 atom stereocenters. The van der Waals surface area contributed by atoms with Crippen molar-refractivity contribution >= 4 is 23.0 Å². The fourth-order valence-corrected chi connectivity index (χ4v) is 2.19. The van der Waals surface area contributed by atoms with Crippen LogP contribution in [-0.4, -0.2) is 37.0 Å². The molecule has 23 heavy (non-hydrogen) atoms. The van der Waals surface area contributed by atoms with Gasteiger partial charge in [0.1, 0.15) is 0 Å². The SMILES string of the molecule is CC.COCCSC(=O)OC(OC(=O)CC1=CC=CC1)C(C)C. The third-order valence-electron chi connectivity index (χ3n) is 2.73. The normalized spacial score (nSPS) is 13.9. The van der Waals surface area contributed by atoms with Crippen LogP contribution in [0.2, 0.25) is 0 Å². The lowest BCUT2D eigenvalue weighted by atomic mass is 10.1. The van der Waals surface area contributed by atoms with Gasteiger partial charge < -0.3 is 14.2 Å². The molecule has 6 heteroatoms. The summed E-state index contributed by atoms with van der Waals surface area (Å²) in [4.78, 5) is 23.5. The molecule has 0 N–H and O–H groups in total. The molecule has 5 nitrogen and oxygen atoms in total. The van der Waals surface area contributed by atoms with Gasteiger partial charge in [-0.05, 0) is 18.2 Å². The van der Waals surface area contributed by atoms with E-state index in [1.807, 2.05) is 45.9 Å². The average molecular weight is 344 g/mol. The number of esters is 1. The molecule has 0 bridgehead atoms. The highest BCUT2D eigenvalue weighted by atomic mass is 32.2. The van der Waals surface area contributed by atoms with E-state index in [4.69, 9.17) is 14.2 Å². The van der Waals surface area contributed by atoms with E-state index in [1.54, 1.807) is 7.11 Å². The van der Waals surface area contributed by atoms with Gasteiger partial charge in [-0.3, -0.25) is 4.79 Å². The highest BCUT2D eigenvalue weighted by molar-refractivity contribution is 8.13. The lowest BCUT2D eigenvalue weighted by Gasteiger charge is -2.21. The van der Waals surface area contributed by atoms with Crippen LogP contribution in [0.25, 0.3) is 0 Å². The number of carbonyl (C=O) groups excluding carboxylic acids is 2. The van der Waals surface area contributed by atoms with Crippen molar-refractivity contribution in [2.24, 2.45) is 5.92 Å². The Kier molecular flexibility index (Phi) is 12.5. The predicted molar refractivity (Wildman–Crippen MR) is 93.3 cm³/mol. The summed E-state index contributed by atoms with van der Waals surface area (Å²) in [5.41, 5.74) is 1.00. The minimum atomic E-state index is -0.852. The highest BCUT2D eigenvalue weighted by Crippen LogP contribution is 2.18. The highest BCUT2D eigenvalue weighted by Gasteiger charge is 2.23. The van der Waals surface area contributed by atoms with E-state index >= 15 is 0 Å². The van der Waals surface area contributed by atoms with Crippen molar-refractivity contribution in [3.8, 4) is 0 Å². The second kappa shape index (κ2) is 13.2. The monoisotopic (exact) mass is 344 g/mol. The first-order valence-corrected chi connectivity index (χ1v) is 8.88. The Morgan fingerprint density at radius 3 is 2.48 bits per heavy atom. The van der Waals surface area contributed by atoms with Crippen LogP contribution in [0.15, 0.2) is 23.8 Å². The molecular weight excluding hydrogens is 316 g/mol. The van der Waals surface area contributed by atoms with Crippen LogP contribution in [0.1, 0.15) is 40.5 Å². The zero-order valence-corrected chi connectivity index (χ0v) is 15.5. The molecule has 0 aliphatic heterocycles. The molecule has 0 spiro atoms. The largest absolute Gasteiger partial charge is 0.425 e. The Bertz CT molecular complexity index is 415. The number of allylic oxidation sites excluding steroid dienone is 3. The fraction of sp³-hybridized carbons (Fsp3) is 0.647. The van der Waals surface area contributed by atoms with Crippen LogP contribution < -0.4 is 0 Å². The van der Waals surface area contributed by atoms with Gasteiger partial charge in [0.05, 0.1) is 13.0 Å². The number of carbonyl (C=O) groups is 2. The van der Waals surface area contributed by atoms with E-state index in [9.17, 15) is 9.59 Å². The number of ether oxygens (including phenoxy) is 3. The van der Waals surface area contributed by atoms with Crippen molar-refractivity contribution < 1.29 is 23.8 Å². The fourth-order valence-electron chi connectivity index (χ4n) is 1.61. The zero-order chi connectivity index (χ0) is 17.7. The number of thioether (sulfide) groups is 1. The molecule has 0 aromatic carbocycles. The third kappa shape index (κ3) is 10.2. The summed E-state index contributed by atoms with van der Waals surface area (Å²) in [5.74, 6) is 0.0297. The van der Waals surface area contributed by atoms with Crippen molar-refractivity contribution in [3.05, 3.63) is 23.8 Å². The quantitative estimate of drug-likeness (QED) is 0.371. The molecule has 1 aliphatic carbocycles. The maximum Gasteiger partial charge on any atom is 0.370 e. The van der Waals surface area contributed by atoms with Gasteiger partial charge >= 0.3 is 11.3 Å². The van der Waals surface area contributed by atoms with Gasteiger partial charge in [0.2, 0.25) is 0 Å². The van der Waals surface area contributed by atoms with Crippen LogP contribution in [0.4, 0.5) is 4.79 Å². The van der Waals surface area contributed by atoms with Crippen molar-refractivity contribution in [1.29, 1.82) is 0 Å². The van der Waals surface area contributed by atoms with E-state index < -0.39 is 11.6 Å². The van der Waals surface area contributed by atoms with Gasteiger partial charge in [-0.25, -0.2) is 4.79 Å². The topological polar surface area (TPSA) is 61.8 Å². The summed E-state index contributed by atoms with van der Waals surface area (Å²) < 4.78 is 15.3. The second-order valence-electron chi connectivity index (χ2n) is 4.95. The minimum absolute atomic E-state index is 0.100. The van der Waals surface area contributed by atoms with E-state index in [-0.39, 0.29) is 18.3 Å². The van der Waals surface area contributed by atoms with Gasteiger partial charge in [-0.1, -0.05) is 51.5 Å². The van der Waals surface area contributed by atoms with E-state index in [0.717, 1.165) is 23.8 Å². The smallest absolute Gasteiger partial charge is 0.370 e. The molecule has 132 valence electrons. The van der Waals surface area contributed by atoms with Gasteiger partial charge in [-0.15, -0.1) is 0 Å². The number of rotatable bonds is 8. The molecule has 1 unspecified atom stereocenters. The van der Waals surface area contributed by atoms with Crippen LogP contribution in [-0.2, 0) is 19.0 Å². The van der Waals surface area contributed by atoms with Crippen LogP contribution in [0.3, 0.4) is 0 Å². The maximum atomic E-state index is 11.8. The molecule has 0 heterocycles. The zero-order valence-electron chi connectivity index (χ0n) is 14.7. The summed E-state index contributed by atoms with van der Waals surface area (Å²) >= 11 is 1.01. The lowest BCUT2D eigenvalue weighted by Crippen LogP contribution is -2.28. The van der Waals surface area contributed by atoms with Crippen LogP contribution >= 0.6 is 11.8 Å². The van der Waals surface area contributed by atoms with E-state index in [0.29, 0.717) is 12.4 Å². The Morgan fingerprint density at radius 2 is 1.96 bits per heavy atom. The number of hydrogen-bond acceptors (Lipinski definition) is 6. The van der Waals surface area contributed by atoms with Crippen molar-refractivity contribution in [1.82, 2.24) is 0 Å². The predicted octanol–water partition coefficient (Wildman–Crippen LogP) is 4.33. The molecule has 1 aliphatic rings. The second-order valence-corrected chi connectivity index (χ2v) is 5.98. The summed E-state index contributed by atoms with van der Waals surface area (Å²) in [6.45, 7) is 8.13.